The van der Waals surface area contributed by atoms with Crippen LogP contribution in [0.3, 0.4) is 0 Å². The van der Waals surface area contributed by atoms with Gasteiger partial charge in [0.1, 0.15) is 0 Å². The predicted octanol–water partition coefficient (Wildman–Crippen LogP) is -0.869. The minimum Gasteiger partial charge on any atom is -0.368 e. The van der Waals surface area contributed by atoms with Crippen LogP contribution in [-0.4, -0.2) is 41.2 Å². The van der Waals surface area contributed by atoms with Crippen LogP contribution in [-0.2, 0) is 14.4 Å². The largest absolute Gasteiger partial charge is 0.368 e. The summed E-state index contributed by atoms with van der Waals surface area (Å²) < 4.78 is 0. The Morgan fingerprint density at radius 3 is 2.41 bits per heavy atom. The average molecular weight is 239 g/mol. The molecule has 0 radical (unpaired) electrons. The SMILES string of the molecule is NC(=O)C(CCN1C(=O)CCC1=O)NC1CC1. The van der Waals surface area contributed by atoms with Crippen molar-refractivity contribution in [2.75, 3.05) is 6.54 Å². The maximum atomic E-state index is 11.4. The highest BCUT2D eigenvalue weighted by atomic mass is 16.2. The Morgan fingerprint density at radius 2 is 1.94 bits per heavy atom. The Balaban J connectivity index is 1.83. The van der Waals surface area contributed by atoms with Crippen molar-refractivity contribution in [2.45, 2.75) is 44.2 Å². The fraction of sp³-hybridized carbons (Fsp3) is 0.727. The van der Waals surface area contributed by atoms with Crippen molar-refractivity contribution in [2.24, 2.45) is 5.73 Å². The first-order valence-electron chi connectivity index (χ1n) is 5.96. The molecule has 2 aliphatic rings. The molecular weight excluding hydrogens is 222 g/mol. The molecule has 2 rings (SSSR count). The van der Waals surface area contributed by atoms with E-state index in [4.69, 9.17) is 5.73 Å². The Morgan fingerprint density at radius 1 is 1.35 bits per heavy atom. The summed E-state index contributed by atoms with van der Waals surface area (Å²) in [6.07, 6.45) is 3.10. The van der Waals surface area contributed by atoms with E-state index in [9.17, 15) is 14.4 Å². The number of primary amides is 1. The highest BCUT2D eigenvalue weighted by Gasteiger charge is 2.31. The molecule has 1 unspecified atom stereocenters. The number of nitrogens with zero attached hydrogens (tertiary/aromatic N) is 1. The van der Waals surface area contributed by atoms with E-state index in [1.165, 1.54) is 4.90 Å². The van der Waals surface area contributed by atoms with Crippen LogP contribution < -0.4 is 11.1 Å². The summed E-state index contributed by atoms with van der Waals surface area (Å²) in [5.41, 5.74) is 5.28. The van der Waals surface area contributed by atoms with E-state index in [0.29, 0.717) is 12.5 Å². The lowest BCUT2D eigenvalue weighted by atomic mass is 10.2. The summed E-state index contributed by atoms with van der Waals surface area (Å²) in [4.78, 5) is 35.2. The van der Waals surface area contributed by atoms with E-state index in [2.05, 4.69) is 5.32 Å². The Labute approximate surface area is 99.5 Å². The van der Waals surface area contributed by atoms with Crippen LogP contribution in [0.15, 0.2) is 0 Å². The van der Waals surface area contributed by atoms with Gasteiger partial charge in [-0.1, -0.05) is 0 Å². The summed E-state index contributed by atoms with van der Waals surface area (Å²) in [6, 6.07) is -0.0684. The van der Waals surface area contributed by atoms with Gasteiger partial charge in [-0.25, -0.2) is 0 Å². The van der Waals surface area contributed by atoms with Crippen LogP contribution >= 0.6 is 0 Å². The van der Waals surface area contributed by atoms with Gasteiger partial charge < -0.3 is 11.1 Å². The molecule has 1 aliphatic heterocycles. The van der Waals surface area contributed by atoms with Gasteiger partial charge in [0.2, 0.25) is 17.7 Å². The molecule has 1 saturated carbocycles. The smallest absolute Gasteiger partial charge is 0.234 e. The second kappa shape index (κ2) is 4.83. The zero-order valence-electron chi connectivity index (χ0n) is 9.65. The standard InChI is InChI=1S/C11H17N3O3/c12-11(17)8(13-7-1-2-7)5-6-14-9(15)3-4-10(14)16/h7-8,13H,1-6H2,(H2,12,17). The quantitative estimate of drug-likeness (QED) is 0.589. The van der Waals surface area contributed by atoms with Gasteiger partial charge in [-0.3, -0.25) is 19.3 Å². The molecule has 1 aliphatic carbocycles. The molecule has 0 aromatic carbocycles. The van der Waals surface area contributed by atoms with Crippen molar-refractivity contribution < 1.29 is 14.4 Å². The minimum atomic E-state index is -0.441. The Kier molecular flexibility index (Phi) is 3.42. The number of nitrogens with one attached hydrogen (secondary N) is 1. The van der Waals surface area contributed by atoms with Gasteiger partial charge >= 0.3 is 0 Å². The number of hydrogen-bond acceptors (Lipinski definition) is 4. The summed E-state index contributed by atoms with van der Waals surface area (Å²) in [6.45, 7) is 0.283. The van der Waals surface area contributed by atoms with Gasteiger partial charge in [0.15, 0.2) is 0 Å². The third-order valence-electron chi connectivity index (χ3n) is 3.15. The number of likely N-dealkylation sites (tertiary alicyclic amines) is 1. The topological polar surface area (TPSA) is 92.5 Å². The van der Waals surface area contributed by atoms with Gasteiger partial charge in [-0.2, -0.15) is 0 Å². The number of rotatable bonds is 6. The average Bonchev–Trinajstić information content (AvgIpc) is 3.03. The summed E-state index contributed by atoms with van der Waals surface area (Å²) in [5.74, 6) is -0.717. The molecular formula is C11H17N3O3. The maximum Gasteiger partial charge on any atom is 0.234 e. The number of carbonyl (C=O) groups is 3. The van der Waals surface area contributed by atoms with Crippen LogP contribution in [0.2, 0.25) is 0 Å². The van der Waals surface area contributed by atoms with Gasteiger partial charge in [0.25, 0.3) is 0 Å². The minimum absolute atomic E-state index is 0.148. The zero-order chi connectivity index (χ0) is 12.4. The van der Waals surface area contributed by atoms with E-state index in [-0.39, 0.29) is 31.2 Å². The fourth-order valence-corrected chi connectivity index (χ4v) is 1.97. The molecule has 1 atom stereocenters. The molecule has 3 N–H and O–H groups in total. The number of imide groups is 1. The molecule has 0 aromatic heterocycles. The van der Waals surface area contributed by atoms with E-state index < -0.39 is 11.9 Å². The molecule has 1 heterocycles. The lowest BCUT2D eigenvalue weighted by Gasteiger charge is -2.19. The number of nitrogens with two attached hydrogens (primary N) is 1. The summed E-state index contributed by atoms with van der Waals surface area (Å²) in [7, 11) is 0. The molecule has 1 saturated heterocycles. The van der Waals surface area contributed by atoms with Crippen molar-refractivity contribution in [1.82, 2.24) is 10.2 Å². The fourth-order valence-electron chi connectivity index (χ4n) is 1.97. The zero-order valence-corrected chi connectivity index (χ0v) is 9.65. The first-order chi connectivity index (χ1) is 8.08. The normalized spacial score (nSPS) is 22.0. The van der Waals surface area contributed by atoms with Crippen LogP contribution in [0.25, 0.3) is 0 Å². The summed E-state index contributed by atoms with van der Waals surface area (Å²) >= 11 is 0. The molecule has 6 heteroatoms. The van der Waals surface area contributed by atoms with E-state index in [1.54, 1.807) is 0 Å². The van der Waals surface area contributed by atoms with Gasteiger partial charge in [-0.15, -0.1) is 0 Å². The first-order valence-corrected chi connectivity index (χ1v) is 5.96. The monoisotopic (exact) mass is 239 g/mol. The first kappa shape index (κ1) is 12.0. The van der Waals surface area contributed by atoms with Crippen molar-refractivity contribution in [3.05, 3.63) is 0 Å². The van der Waals surface area contributed by atoms with Crippen LogP contribution in [0, 0.1) is 0 Å². The second-order valence-electron chi connectivity index (χ2n) is 4.62. The van der Waals surface area contributed by atoms with Crippen LogP contribution in [0.4, 0.5) is 0 Å². The van der Waals surface area contributed by atoms with Crippen molar-refractivity contribution in [3.8, 4) is 0 Å². The third-order valence-corrected chi connectivity index (χ3v) is 3.15. The molecule has 17 heavy (non-hydrogen) atoms. The van der Waals surface area contributed by atoms with Gasteiger partial charge in [-0.05, 0) is 19.3 Å². The molecule has 94 valence electrons. The number of amides is 3. The number of hydrogen-bond donors (Lipinski definition) is 2. The molecule has 6 nitrogen and oxygen atoms in total. The van der Waals surface area contributed by atoms with Crippen molar-refractivity contribution in [1.29, 1.82) is 0 Å². The lowest BCUT2D eigenvalue weighted by molar-refractivity contribution is -0.139. The Bertz CT molecular complexity index is 336. The highest BCUT2D eigenvalue weighted by Crippen LogP contribution is 2.20. The van der Waals surface area contributed by atoms with E-state index in [0.717, 1.165) is 12.8 Å². The van der Waals surface area contributed by atoms with E-state index >= 15 is 0 Å². The van der Waals surface area contributed by atoms with Crippen LogP contribution in [0.1, 0.15) is 32.1 Å². The predicted molar refractivity (Wildman–Crippen MR) is 59.7 cm³/mol. The van der Waals surface area contributed by atoms with Gasteiger partial charge in [0, 0.05) is 25.4 Å². The Hall–Kier alpha value is -1.43. The van der Waals surface area contributed by atoms with E-state index in [1.807, 2.05) is 0 Å². The molecule has 0 aromatic rings. The third kappa shape index (κ3) is 3.03. The maximum absolute atomic E-state index is 11.4. The summed E-state index contributed by atoms with van der Waals surface area (Å²) in [5, 5.41) is 3.12. The molecule has 3 amide bonds. The molecule has 2 fully saturated rings. The molecule has 0 bridgehead atoms. The lowest BCUT2D eigenvalue weighted by Crippen LogP contribution is -2.45. The van der Waals surface area contributed by atoms with Crippen molar-refractivity contribution >= 4 is 17.7 Å². The van der Waals surface area contributed by atoms with Gasteiger partial charge in [0.05, 0.1) is 6.04 Å². The molecule has 0 spiro atoms. The number of carbonyl (C=O) groups excluding carboxylic acids is 3. The second-order valence-corrected chi connectivity index (χ2v) is 4.62. The highest BCUT2D eigenvalue weighted by molar-refractivity contribution is 6.01. The van der Waals surface area contributed by atoms with Crippen molar-refractivity contribution in [3.63, 3.8) is 0 Å². The van der Waals surface area contributed by atoms with Crippen LogP contribution in [0.5, 0.6) is 0 Å².